The first kappa shape index (κ1) is 13.3. The molecule has 0 aliphatic rings. The molecule has 0 spiro atoms. The number of benzene rings is 1. The number of carbonyl (C=O) groups is 2. The Balaban J connectivity index is 2.76. The summed E-state index contributed by atoms with van der Waals surface area (Å²) in [6, 6.07) is 4.43. The van der Waals surface area contributed by atoms with Crippen molar-refractivity contribution >= 4 is 29.2 Å². The number of carboxylic acid groups (broad SMARTS) is 2. The van der Waals surface area contributed by atoms with Crippen molar-refractivity contribution in [2.24, 2.45) is 5.92 Å². The largest absolute Gasteiger partial charge is 0.481 e. The monoisotopic (exact) mass is 257 g/mol. The molecule has 0 fully saturated rings. The molecule has 6 heteroatoms. The highest BCUT2D eigenvalue weighted by molar-refractivity contribution is 6.33. The minimum Gasteiger partial charge on any atom is -0.481 e. The lowest BCUT2D eigenvalue weighted by Crippen LogP contribution is -2.19. The first-order valence-electron chi connectivity index (χ1n) is 4.91. The topological polar surface area (TPSA) is 86.6 Å². The Labute approximate surface area is 103 Å². The molecule has 17 heavy (non-hydrogen) atoms. The van der Waals surface area contributed by atoms with Crippen LogP contribution in [0.25, 0.3) is 0 Å². The smallest absolute Gasteiger partial charge is 0.337 e. The number of carboxylic acids is 2. The maximum Gasteiger partial charge on any atom is 0.337 e. The van der Waals surface area contributed by atoms with Gasteiger partial charge >= 0.3 is 11.9 Å². The van der Waals surface area contributed by atoms with Crippen LogP contribution in [-0.4, -0.2) is 28.7 Å². The van der Waals surface area contributed by atoms with Gasteiger partial charge in [0.05, 0.1) is 16.5 Å². The molecule has 0 aliphatic heterocycles. The fourth-order valence-corrected chi connectivity index (χ4v) is 1.36. The van der Waals surface area contributed by atoms with Gasteiger partial charge in [0.15, 0.2) is 0 Å². The van der Waals surface area contributed by atoms with E-state index in [1.165, 1.54) is 12.1 Å². The van der Waals surface area contributed by atoms with Crippen molar-refractivity contribution < 1.29 is 19.8 Å². The minimum atomic E-state index is -1.12. The molecule has 3 N–H and O–H groups in total. The number of rotatable bonds is 5. The van der Waals surface area contributed by atoms with Crippen LogP contribution in [0.1, 0.15) is 17.3 Å². The number of nitrogens with one attached hydrogen (secondary N) is 1. The molecule has 1 aromatic rings. The maximum atomic E-state index is 10.8. The van der Waals surface area contributed by atoms with E-state index in [1.54, 1.807) is 13.0 Å². The van der Waals surface area contributed by atoms with Crippen LogP contribution >= 0.6 is 11.6 Å². The molecule has 92 valence electrons. The molecule has 1 atom stereocenters. The highest BCUT2D eigenvalue weighted by Crippen LogP contribution is 2.20. The van der Waals surface area contributed by atoms with Crippen molar-refractivity contribution in [2.45, 2.75) is 6.92 Å². The van der Waals surface area contributed by atoms with Crippen LogP contribution in [0.15, 0.2) is 18.2 Å². The zero-order valence-electron chi connectivity index (χ0n) is 9.11. The molecule has 0 amide bonds. The summed E-state index contributed by atoms with van der Waals surface area (Å²) in [5.74, 6) is -2.59. The van der Waals surface area contributed by atoms with Gasteiger partial charge in [0, 0.05) is 12.2 Å². The zero-order chi connectivity index (χ0) is 13.0. The van der Waals surface area contributed by atoms with E-state index in [0.717, 1.165) is 0 Å². The molecule has 0 heterocycles. The Kier molecular flexibility index (Phi) is 4.34. The van der Waals surface area contributed by atoms with Crippen molar-refractivity contribution in [3.8, 4) is 0 Å². The molecule has 1 unspecified atom stereocenters. The van der Waals surface area contributed by atoms with Gasteiger partial charge in [-0.1, -0.05) is 18.5 Å². The molecule has 1 aromatic carbocycles. The molecule has 0 aliphatic carbocycles. The second-order valence-corrected chi connectivity index (χ2v) is 4.03. The lowest BCUT2D eigenvalue weighted by atomic mass is 10.1. The number of halogens is 1. The van der Waals surface area contributed by atoms with Gasteiger partial charge in [-0.3, -0.25) is 4.79 Å². The fourth-order valence-electron chi connectivity index (χ4n) is 1.16. The van der Waals surface area contributed by atoms with E-state index in [9.17, 15) is 9.59 Å². The van der Waals surface area contributed by atoms with E-state index in [2.05, 4.69) is 5.32 Å². The van der Waals surface area contributed by atoms with Gasteiger partial charge in [-0.2, -0.15) is 0 Å². The van der Waals surface area contributed by atoms with Crippen LogP contribution in [0, 0.1) is 5.92 Å². The third-order valence-corrected chi connectivity index (χ3v) is 2.56. The summed E-state index contributed by atoms with van der Waals surface area (Å²) < 4.78 is 0. The molecule has 0 bridgehead atoms. The second-order valence-electron chi connectivity index (χ2n) is 3.62. The Hall–Kier alpha value is -1.75. The molecule has 1 rings (SSSR count). The normalized spacial score (nSPS) is 11.9. The third kappa shape index (κ3) is 3.64. The number of anilines is 1. The Morgan fingerprint density at radius 1 is 1.41 bits per heavy atom. The molecular formula is C11H12ClNO4. The van der Waals surface area contributed by atoms with Crippen LogP contribution in [0.5, 0.6) is 0 Å². The van der Waals surface area contributed by atoms with Crippen molar-refractivity contribution in [3.05, 3.63) is 28.8 Å². The third-order valence-electron chi connectivity index (χ3n) is 2.23. The van der Waals surface area contributed by atoms with Crippen molar-refractivity contribution in [2.75, 3.05) is 11.9 Å². The minimum absolute atomic E-state index is 0.0142. The number of hydrogen-bond donors (Lipinski definition) is 3. The van der Waals surface area contributed by atoms with E-state index in [1.807, 2.05) is 0 Å². The molecule has 0 saturated heterocycles. The van der Waals surface area contributed by atoms with Crippen LogP contribution in [-0.2, 0) is 4.79 Å². The van der Waals surface area contributed by atoms with Crippen LogP contribution in [0.4, 0.5) is 5.69 Å². The summed E-state index contributed by atoms with van der Waals surface area (Å²) in [5, 5.41) is 20.5. The van der Waals surface area contributed by atoms with Gasteiger partial charge in [0.25, 0.3) is 0 Å². The summed E-state index contributed by atoms with van der Waals surface area (Å²) >= 11 is 5.70. The number of hydrogen-bond acceptors (Lipinski definition) is 3. The molecule has 5 nitrogen and oxygen atoms in total. The SMILES string of the molecule is CC(CNc1ccc(Cl)c(C(=O)O)c1)C(=O)O. The average Bonchev–Trinajstić information content (AvgIpc) is 2.26. The average molecular weight is 258 g/mol. The summed E-state index contributed by atoms with van der Waals surface area (Å²) in [4.78, 5) is 21.4. The Morgan fingerprint density at radius 2 is 2.06 bits per heavy atom. The van der Waals surface area contributed by atoms with Gasteiger partial charge in [-0.05, 0) is 18.2 Å². The zero-order valence-corrected chi connectivity index (χ0v) is 9.86. The van der Waals surface area contributed by atoms with Gasteiger partial charge in [-0.25, -0.2) is 4.79 Å². The predicted octanol–water partition coefficient (Wildman–Crippen LogP) is 2.17. The van der Waals surface area contributed by atoms with E-state index < -0.39 is 17.9 Å². The molecule has 0 radical (unpaired) electrons. The van der Waals surface area contributed by atoms with Crippen LogP contribution < -0.4 is 5.32 Å². The Morgan fingerprint density at radius 3 is 2.59 bits per heavy atom. The van der Waals surface area contributed by atoms with Crippen LogP contribution in [0.2, 0.25) is 5.02 Å². The van der Waals surface area contributed by atoms with E-state index in [0.29, 0.717) is 5.69 Å². The van der Waals surface area contributed by atoms with Crippen molar-refractivity contribution in [3.63, 3.8) is 0 Å². The summed E-state index contributed by atoms with van der Waals surface area (Å²) in [7, 11) is 0. The van der Waals surface area contributed by atoms with E-state index >= 15 is 0 Å². The molecular weight excluding hydrogens is 246 g/mol. The highest BCUT2D eigenvalue weighted by Gasteiger charge is 2.12. The highest BCUT2D eigenvalue weighted by atomic mass is 35.5. The maximum absolute atomic E-state index is 10.8. The summed E-state index contributed by atoms with van der Waals surface area (Å²) in [6.45, 7) is 1.78. The van der Waals surface area contributed by atoms with Gasteiger partial charge in [-0.15, -0.1) is 0 Å². The predicted molar refractivity (Wildman–Crippen MR) is 63.7 cm³/mol. The summed E-state index contributed by atoms with van der Waals surface area (Å²) in [5.41, 5.74) is 0.513. The quantitative estimate of drug-likeness (QED) is 0.753. The first-order valence-corrected chi connectivity index (χ1v) is 5.29. The van der Waals surface area contributed by atoms with Gasteiger partial charge < -0.3 is 15.5 Å². The second kappa shape index (κ2) is 5.54. The Bertz CT molecular complexity index is 447. The fraction of sp³-hybridized carbons (Fsp3) is 0.273. The lowest BCUT2D eigenvalue weighted by Gasteiger charge is -2.10. The molecule has 0 saturated carbocycles. The van der Waals surface area contributed by atoms with Gasteiger partial charge in [0.1, 0.15) is 0 Å². The van der Waals surface area contributed by atoms with Crippen molar-refractivity contribution in [1.29, 1.82) is 0 Å². The van der Waals surface area contributed by atoms with Gasteiger partial charge in [0.2, 0.25) is 0 Å². The van der Waals surface area contributed by atoms with Crippen LogP contribution in [0.3, 0.4) is 0 Å². The standard InChI is InChI=1S/C11H12ClNO4/c1-6(10(14)15)5-13-7-2-3-9(12)8(4-7)11(16)17/h2-4,6,13H,5H2,1H3,(H,14,15)(H,16,17). The van der Waals surface area contributed by atoms with E-state index in [4.69, 9.17) is 21.8 Å². The molecule has 0 aromatic heterocycles. The van der Waals surface area contributed by atoms with Crippen molar-refractivity contribution in [1.82, 2.24) is 0 Å². The number of aliphatic carboxylic acids is 1. The summed E-state index contributed by atoms with van der Waals surface area (Å²) in [6.07, 6.45) is 0. The lowest BCUT2D eigenvalue weighted by molar-refractivity contribution is -0.140. The first-order chi connectivity index (χ1) is 7.91. The number of aromatic carboxylic acids is 1. The van der Waals surface area contributed by atoms with E-state index in [-0.39, 0.29) is 17.1 Å².